The minimum atomic E-state index is -2.72. The first-order chi connectivity index (χ1) is 8.74. The van der Waals surface area contributed by atoms with Crippen LogP contribution in [0, 0.1) is 0 Å². The lowest BCUT2D eigenvalue weighted by atomic mass is 10.1. The van der Waals surface area contributed by atoms with Crippen molar-refractivity contribution in [2.45, 2.75) is 0 Å². The predicted octanol–water partition coefficient (Wildman–Crippen LogP) is 3.03. The van der Waals surface area contributed by atoms with Crippen molar-refractivity contribution < 1.29 is 12.6 Å². The molecule has 0 saturated carbocycles. The highest BCUT2D eigenvalue weighted by Gasteiger charge is 1.91. The van der Waals surface area contributed by atoms with Crippen LogP contribution in [0.1, 0.15) is 0 Å². The van der Waals surface area contributed by atoms with Crippen molar-refractivity contribution in [3.8, 4) is 11.1 Å². The summed E-state index contributed by atoms with van der Waals surface area (Å²) in [7, 11) is -2.72. The molecule has 0 aliphatic rings. The average Bonchev–Trinajstić information content (AvgIpc) is 2.41. The Bertz CT molecular complexity index is 488. The van der Waals surface area contributed by atoms with Crippen molar-refractivity contribution in [2.24, 2.45) is 0 Å². The standard InChI is InChI=1S/C12H10.C2H4O3S/c1-3-7-11(8-4-1)12-9-5-2-6-10-12;1-2-5-6(3)4/h1-10H;2,6H,1H2. The van der Waals surface area contributed by atoms with Crippen molar-refractivity contribution in [3.63, 3.8) is 0 Å². The first-order valence-corrected chi connectivity index (χ1v) is 6.36. The van der Waals surface area contributed by atoms with Gasteiger partial charge in [-0.25, -0.2) is 0 Å². The second-order valence-electron chi connectivity index (χ2n) is 3.23. The van der Waals surface area contributed by atoms with Crippen LogP contribution in [-0.4, -0.2) is 8.42 Å². The van der Waals surface area contributed by atoms with Gasteiger partial charge in [0, 0.05) is 0 Å². The molecule has 18 heavy (non-hydrogen) atoms. The fourth-order valence-corrected chi connectivity index (χ4v) is 1.44. The monoisotopic (exact) mass is 262 g/mol. The van der Waals surface area contributed by atoms with Crippen LogP contribution in [0.2, 0.25) is 0 Å². The zero-order chi connectivity index (χ0) is 13.2. The van der Waals surface area contributed by atoms with E-state index >= 15 is 0 Å². The SMILES string of the molecule is C=CO[SH](=O)=O.c1ccc(-c2ccccc2)cc1. The molecule has 0 bridgehead atoms. The summed E-state index contributed by atoms with van der Waals surface area (Å²) in [6.07, 6.45) is 0.853. The Morgan fingerprint density at radius 3 is 1.44 bits per heavy atom. The second-order valence-corrected chi connectivity index (χ2v) is 3.89. The molecule has 0 aliphatic carbocycles. The lowest BCUT2D eigenvalue weighted by Crippen LogP contribution is -1.73. The minimum Gasteiger partial charge on any atom is -0.393 e. The van der Waals surface area contributed by atoms with E-state index in [-0.39, 0.29) is 0 Å². The van der Waals surface area contributed by atoms with Gasteiger partial charge in [0.2, 0.25) is 0 Å². The summed E-state index contributed by atoms with van der Waals surface area (Å²) in [6.45, 7) is 2.99. The third-order valence-corrected chi connectivity index (χ3v) is 2.36. The van der Waals surface area contributed by atoms with Gasteiger partial charge in [0.05, 0.1) is 6.26 Å². The molecule has 0 N–H and O–H groups in total. The van der Waals surface area contributed by atoms with Crippen molar-refractivity contribution in [1.82, 2.24) is 0 Å². The summed E-state index contributed by atoms with van der Waals surface area (Å²) in [5.41, 5.74) is 2.55. The number of benzene rings is 2. The van der Waals surface area contributed by atoms with Gasteiger partial charge in [-0.15, -0.1) is 0 Å². The van der Waals surface area contributed by atoms with Gasteiger partial charge in [0.25, 0.3) is 11.0 Å². The highest BCUT2D eigenvalue weighted by molar-refractivity contribution is 7.67. The minimum absolute atomic E-state index is 0.853. The van der Waals surface area contributed by atoms with Gasteiger partial charge in [-0.3, -0.25) is 0 Å². The van der Waals surface area contributed by atoms with Gasteiger partial charge < -0.3 is 4.18 Å². The summed E-state index contributed by atoms with van der Waals surface area (Å²) in [6, 6.07) is 20.8. The van der Waals surface area contributed by atoms with Gasteiger partial charge in [-0.05, 0) is 11.1 Å². The van der Waals surface area contributed by atoms with E-state index in [2.05, 4.69) is 59.3 Å². The molecular weight excluding hydrogens is 248 g/mol. The van der Waals surface area contributed by atoms with E-state index in [1.807, 2.05) is 12.1 Å². The zero-order valence-electron chi connectivity index (χ0n) is 9.73. The maximum atomic E-state index is 9.34. The molecule has 0 aliphatic heterocycles. The van der Waals surface area contributed by atoms with Crippen molar-refractivity contribution >= 4 is 11.0 Å². The van der Waals surface area contributed by atoms with Gasteiger partial charge in [0.15, 0.2) is 0 Å². The Hall–Kier alpha value is -2.07. The van der Waals surface area contributed by atoms with Crippen molar-refractivity contribution in [1.29, 1.82) is 0 Å². The largest absolute Gasteiger partial charge is 0.393 e. The summed E-state index contributed by atoms with van der Waals surface area (Å²) in [5, 5.41) is 0. The molecule has 2 rings (SSSR count). The summed E-state index contributed by atoms with van der Waals surface area (Å²) in [4.78, 5) is 0. The van der Waals surface area contributed by atoms with E-state index in [0.717, 1.165) is 6.26 Å². The normalized spacial score (nSPS) is 9.17. The molecule has 0 fully saturated rings. The molecule has 0 atom stereocenters. The van der Waals surface area contributed by atoms with E-state index in [1.165, 1.54) is 11.1 Å². The van der Waals surface area contributed by atoms with E-state index in [1.54, 1.807) is 0 Å². The Labute approximate surface area is 109 Å². The average molecular weight is 262 g/mol. The number of rotatable bonds is 3. The van der Waals surface area contributed by atoms with Gasteiger partial charge in [-0.1, -0.05) is 67.2 Å². The Kier molecular flexibility index (Phi) is 6.28. The third kappa shape index (κ3) is 5.32. The first-order valence-electron chi connectivity index (χ1n) is 5.26. The molecule has 4 heteroatoms. The quantitative estimate of drug-likeness (QED) is 0.683. The smallest absolute Gasteiger partial charge is 0.298 e. The van der Waals surface area contributed by atoms with Gasteiger partial charge in [-0.2, -0.15) is 8.42 Å². The molecule has 0 saturated heterocycles. The molecular formula is C14H14O3S. The lowest BCUT2D eigenvalue weighted by molar-refractivity contribution is 0.468. The van der Waals surface area contributed by atoms with Crippen LogP contribution < -0.4 is 0 Å². The molecule has 2 aromatic rings. The Morgan fingerprint density at radius 1 is 0.833 bits per heavy atom. The van der Waals surface area contributed by atoms with Crippen molar-refractivity contribution in [3.05, 3.63) is 73.5 Å². The van der Waals surface area contributed by atoms with Gasteiger partial charge in [0.1, 0.15) is 0 Å². The van der Waals surface area contributed by atoms with Gasteiger partial charge >= 0.3 is 0 Å². The molecule has 0 amide bonds. The van der Waals surface area contributed by atoms with E-state index in [0.29, 0.717) is 0 Å². The molecule has 0 unspecified atom stereocenters. The van der Waals surface area contributed by atoms with Crippen molar-refractivity contribution in [2.75, 3.05) is 0 Å². The number of hydrogen-bond acceptors (Lipinski definition) is 3. The molecule has 0 spiro atoms. The predicted molar refractivity (Wildman–Crippen MR) is 73.5 cm³/mol. The van der Waals surface area contributed by atoms with E-state index in [9.17, 15) is 8.42 Å². The number of thiol groups is 1. The highest BCUT2D eigenvalue weighted by Crippen LogP contribution is 2.17. The molecule has 0 heterocycles. The lowest BCUT2D eigenvalue weighted by Gasteiger charge is -1.98. The molecule has 0 radical (unpaired) electrons. The molecule has 0 aromatic heterocycles. The van der Waals surface area contributed by atoms with Crippen LogP contribution in [-0.2, 0) is 15.2 Å². The highest BCUT2D eigenvalue weighted by atomic mass is 32.2. The van der Waals surface area contributed by atoms with Crippen LogP contribution in [0.25, 0.3) is 11.1 Å². The first kappa shape index (κ1) is 14.0. The van der Waals surface area contributed by atoms with Crippen LogP contribution in [0.4, 0.5) is 0 Å². The van der Waals surface area contributed by atoms with Crippen LogP contribution in [0.3, 0.4) is 0 Å². The zero-order valence-corrected chi connectivity index (χ0v) is 10.6. The van der Waals surface area contributed by atoms with Crippen LogP contribution in [0.15, 0.2) is 73.5 Å². The molecule has 2 aromatic carbocycles. The van der Waals surface area contributed by atoms with Crippen LogP contribution >= 0.6 is 0 Å². The topological polar surface area (TPSA) is 43.4 Å². The third-order valence-electron chi connectivity index (χ3n) is 2.04. The summed E-state index contributed by atoms with van der Waals surface area (Å²) in [5.74, 6) is 0. The number of hydrogen-bond donors (Lipinski definition) is 1. The Balaban J connectivity index is 0.000000232. The molecule has 94 valence electrons. The van der Waals surface area contributed by atoms with Crippen LogP contribution in [0.5, 0.6) is 0 Å². The fourth-order valence-electron chi connectivity index (χ4n) is 1.32. The maximum Gasteiger partial charge on any atom is 0.298 e. The fraction of sp³-hybridized carbons (Fsp3) is 0. The Morgan fingerprint density at radius 2 is 1.22 bits per heavy atom. The second kappa shape index (κ2) is 8.08. The molecule has 3 nitrogen and oxygen atoms in total. The maximum absolute atomic E-state index is 9.34. The summed E-state index contributed by atoms with van der Waals surface area (Å²) < 4.78 is 22.4. The van der Waals surface area contributed by atoms with E-state index < -0.39 is 11.0 Å². The summed E-state index contributed by atoms with van der Waals surface area (Å²) >= 11 is 0. The van der Waals surface area contributed by atoms with E-state index in [4.69, 9.17) is 0 Å².